The minimum atomic E-state index is -0.364. The average Bonchev–Trinajstić information content (AvgIpc) is 2.74. The fourth-order valence-electron chi connectivity index (χ4n) is 2.08. The van der Waals surface area contributed by atoms with Gasteiger partial charge in [-0.2, -0.15) is 0 Å². The molecule has 2 rings (SSSR count). The molecular weight excluding hydrogens is 236 g/mol. The third kappa shape index (κ3) is 2.78. The summed E-state index contributed by atoms with van der Waals surface area (Å²) in [5, 5.41) is 10.9. The molecule has 1 aliphatic rings. The average molecular weight is 256 g/mol. The van der Waals surface area contributed by atoms with Crippen LogP contribution in [-0.2, 0) is 11.2 Å². The summed E-state index contributed by atoms with van der Waals surface area (Å²) in [6.07, 6.45) is 2.78. The second-order valence-electron chi connectivity index (χ2n) is 4.64. The molecule has 2 unspecified atom stereocenters. The number of aromatic nitrogens is 1. The maximum atomic E-state index is 9.89. The smallest absolute Gasteiger partial charge is 0.185 e. The van der Waals surface area contributed by atoms with E-state index in [4.69, 9.17) is 4.74 Å². The third-order valence-electron chi connectivity index (χ3n) is 3.17. The quantitative estimate of drug-likeness (QED) is 0.895. The molecule has 0 saturated heterocycles. The number of aliphatic hydroxyl groups excluding tert-OH is 1. The predicted molar refractivity (Wildman–Crippen MR) is 69.8 cm³/mol. The molecule has 17 heavy (non-hydrogen) atoms. The van der Waals surface area contributed by atoms with Crippen LogP contribution in [0, 0.1) is 0 Å². The van der Waals surface area contributed by atoms with E-state index in [1.165, 1.54) is 4.88 Å². The van der Waals surface area contributed by atoms with E-state index in [0.29, 0.717) is 0 Å². The van der Waals surface area contributed by atoms with Gasteiger partial charge in [0.25, 0.3) is 0 Å². The molecule has 1 aliphatic carbocycles. The van der Waals surface area contributed by atoms with Crippen molar-refractivity contribution in [1.82, 2.24) is 4.98 Å². The first-order chi connectivity index (χ1) is 8.11. The van der Waals surface area contributed by atoms with Crippen LogP contribution >= 0.6 is 11.3 Å². The first-order valence-electron chi connectivity index (χ1n) is 6.03. The predicted octanol–water partition coefficient (Wildman–Crippen LogP) is 1.98. The molecule has 1 aromatic heterocycles. The fourth-order valence-corrected chi connectivity index (χ4v) is 3.21. The van der Waals surface area contributed by atoms with Crippen molar-refractivity contribution in [3.63, 3.8) is 0 Å². The molecule has 96 valence electrons. The highest BCUT2D eigenvalue weighted by Gasteiger charge is 2.24. The van der Waals surface area contributed by atoms with E-state index >= 15 is 0 Å². The minimum Gasteiger partial charge on any atom is -0.387 e. The van der Waals surface area contributed by atoms with E-state index in [1.807, 2.05) is 14.0 Å². The maximum Gasteiger partial charge on any atom is 0.185 e. The molecule has 2 atom stereocenters. The Kier molecular flexibility index (Phi) is 4.01. The van der Waals surface area contributed by atoms with Gasteiger partial charge >= 0.3 is 0 Å². The molecule has 5 heteroatoms. The van der Waals surface area contributed by atoms with Crippen LogP contribution < -0.4 is 4.90 Å². The molecule has 0 fully saturated rings. The molecule has 0 spiro atoms. The lowest BCUT2D eigenvalue weighted by atomic mass is 10.0. The second kappa shape index (κ2) is 5.33. The monoisotopic (exact) mass is 256 g/mol. The number of anilines is 1. The summed E-state index contributed by atoms with van der Waals surface area (Å²) < 4.78 is 5.25. The lowest BCUT2D eigenvalue weighted by Crippen LogP contribution is -2.28. The van der Waals surface area contributed by atoms with Crippen molar-refractivity contribution in [3.05, 3.63) is 10.6 Å². The third-order valence-corrected chi connectivity index (χ3v) is 4.42. The molecule has 0 bridgehead atoms. The van der Waals surface area contributed by atoms with Crippen molar-refractivity contribution in [2.75, 3.05) is 25.6 Å². The normalized spacial score (nSPS) is 21.1. The van der Waals surface area contributed by atoms with Crippen LogP contribution in [0.25, 0.3) is 0 Å². The van der Waals surface area contributed by atoms with Crippen LogP contribution in [0.3, 0.4) is 0 Å². The van der Waals surface area contributed by atoms with E-state index in [2.05, 4.69) is 9.88 Å². The molecule has 0 amide bonds. The lowest BCUT2D eigenvalue weighted by Gasteiger charge is -2.19. The molecule has 1 heterocycles. The number of methoxy groups -OCH3 is 1. The number of aryl methyl sites for hydroxylation is 1. The van der Waals surface area contributed by atoms with E-state index in [-0.39, 0.29) is 12.2 Å². The topological polar surface area (TPSA) is 45.6 Å². The Morgan fingerprint density at radius 2 is 2.41 bits per heavy atom. The molecule has 0 saturated carbocycles. The van der Waals surface area contributed by atoms with Crippen molar-refractivity contribution in [3.8, 4) is 0 Å². The summed E-state index contributed by atoms with van der Waals surface area (Å²) in [5.41, 5.74) is 0.896. The summed E-state index contributed by atoms with van der Waals surface area (Å²) in [7, 11) is 3.74. The summed E-state index contributed by atoms with van der Waals surface area (Å²) in [4.78, 5) is 7.91. The van der Waals surface area contributed by atoms with Crippen molar-refractivity contribution in [2.24, 2.45) is 0 Å². The molecule has 0 radical (unpaired) electrons. The van der Waals surface area contributed by atoms with Crippen molar-refractivity contribution >= 4 is 16.5 Å². The van der Waals surface area contributed by atoms with E-state index < -0.39 is 0 Å². The van der Waals surface area contributed by atoms with Gasteiger partial charge in [0.2, 0.25) is 0 Å². The fraction of sp³-hybridized carbons (Fsp3) is 0.750. The molecule has 0 aliphatic heterocycles. The van der Waals surface area contributed by atoms with Gasteiger partial charge in [-0.05, 0) is 26.2 Å². The summed E-state index contributed by atoms with van der Waals surface area (Å²) in [6.45, 7) is 2.86. The Labute approximate surface area is 106 Å². The van der Waals surface area contributed by atoms with Gasteiger partial charge in [-0.3, -0.25) is 0 Å². The first-order valence-corrected chi connectivity index (χ1v) is 6.85. The van der Waals surface area contributed by atoms with E-state index in [0.717, 1.165) is 36.6 Å². The highest BCUT2D eigenvalue weighted by atomic mass is 32.1. The highest BCUT2D eigenvalue weighted by Crippen LogP contribution is 2.36. The second-order valence-corrected chi connectivity index (χ2v) is 5.70. The van der Waals surface area contributed by atoms with Gasteiger partial charge in [0.15, 0.2) is 5.13 Å². The van der Waals surface area contributed by atoms with Gasteiger partial charge in [-0.25, -0.2) is 4.98 Å². The van der Waals surface area contributed by atoms with Gasteiger partial charge < -0.3 is 14.7 Å². The first kappa shape index (κ1) is 12.8. The standard InChI is InChI=1S/C12H20N2O2S/c1-8(16-3)7-14(2)12-13-11-9(15)5-4-6-10(11)17-12/h8-9,15H,4-7H2,1-3H3. The number of rotatable bonds is 4. The van der Waals surface area contributed by atoms with Crippen LogP contribution in [0.15, 0.2) is 0 Å². The number of nitrogens with zero attached hydrogens (tertiary/aromatic N) is 2. The molecule has 1 N–H and O–H groups in total. The lowest BCUT2D eigenvalue weighted by molar-refractivity contribution is 0.124. The zero-order chi connectivity index (χ0) is 12.4. The van der Waals surface area contributed by atoms with Crippen LogP contribution in [0.1, 0.15) is 36.4 Å². The Morgan fingerprint density at radius 3 is 3.06 bits per heavy atom. The summed E-state index contributed by atoms with van der Waals surface area (Å²) in [5.74, 6) is 0. The van der Waals surface area contributed by atoms with Gasteiger partial charge in [0, 0.05) is 25.6 Å². The largest absolute Gasteiger partial charge is 0.387 e. The van der Waals surface area contributed by atoms with Crippen LogP contribution in [-0.4, -0.2) is 36.9 Å². The number of aliphatic hydroxyl groups is 1. The number of hydrogen-bond donors (Lipinski definition) is 1. The Morgan fingerprint density at radius 1 is 1.65 bits per heavy atom. The van der Waals surface area contributed by atoms with E-state index in [1.54, 1.807) is 18.4 Å². The number of thiazole rings is 1. The van der Waals surface area contributed by atoms with Gasteiger partial charge in [0.1, 0.15) is 0 Å². The molecule has 1 aromatic rings. The van der Waals surface area contributed by atoms with Gasteiger partial charge in [-0.1, -0.05) is 0 Å². The maximum absolute atomic E-state index is 9.89. The minimum absolute atomic E-state index is 0.186. The van der Waals surface area contributed by atoms with Crippen LogP contribution in [0.4, 0.5) is 5.13 Å². The van der Waals surface area contributed by atoms with Crippen molar-refractivity contribution in [2.45, 2.75) is 38.4 Å². The Hall–Kier alpha value is -0.650. The van der Waals surface area contributed by atoms with Crippen LogP contribution in [0.2, 0.25) is 0 Å². The number of ether oxygens (including phenoxy) is 1. The zero-order valence-corrected chi connectivity index (χ0v) is 11.5. The summed E-state index contributed by atoms with van der Waals surface area (Å²) >= 11 is 1.70. The SMILES string of the molecule is COC(C)CN(C)c1nc2c(s1)CCCC2O. The highest BCUT2D eigenvalue weighted by molar-refractivity contribution is 7.15. The van der Waals surface area contributed by atoms with Crippen LogP contribution in [0.5, 0.6) is 0 Å². The van der Waals surface area contributed by atoms with Gasteiger partial charge in [0.05, 0.1) is 17.9 Å². The Balaban J connectivity index is 2.11. The Bertz CT molecular complexity index is 381. The number of fused-ring (bicyclic) bond motifs is 1. The van der Waals surface area contributed by atoms with E-state index in [9.17, 15) is 5.11 Å². The zero-order valence-electron chi connectivity index (χ0n) is 10.6. The molecule has 4 nitrogen and oxygen atoms in total. The molecular formula is C12H20N2O2S. The van der Waals surface area contributed by atoms with Crippen molar-refractivity contribution in [1.29, 1.82) is 0 Å². The summed E-state index contributed by atoms with van der Waals surface area (Å²) in [6, 6.07) is 0. The number of hydrogen-bond acceptors (Lipinski definition) is 5. The van der Waals surface area contributed by atoms with Gasteiger partial charge in [-0.15, -0.1) is 11.3 Å². The number of likely N-dealkylation sites (N-methyl/N-ethyl adjacent to an activating group) is 1. The molecule has 0 aromatic carbocycles. The van der Waals surface area contributed by atoms with Crippen molar-refractivity contribution < 1.29 is 9.84 Å².